The average molecular weight is 520 g/mol. The molecular formula is C25H30FN3O6S. The molecule has 0 spiro atoms. The monoisotopic (exact) mass is 519 g/mol. The number of nitrogens with one attached hydrogen (secondary N) is 2. The minimum absolute atomic E-state index is 0.0765. The number of furan rings is 1. The number of hydrogen-bond donors (Lipinski definition) is 2. The van der Waals surface area contributed by atoms with Gasteiger partial charge in [0.15, 0.2) is 0 Å². The quantitative estimate of drug-likeness (QED) is 0.327. The number of amides is 1. The zero-order valence-corrected chi connectivity index (χ0v) is 21.1. The van der Waals surface area contributed by atoms with Crippen LogP contribution in [0.2, 0.25) is 0 Å². The van der Waals surface area contributed by atoms with Gasteiger partial charge >= 0.3 is 0 Å². The van der Waals surface area contributed by atoms with Gasteiger partial charge in [0, 0.05) is 26.3 Å². The molecule has 1 aliphatic rings. The number of carbonyl (C=O) groups is 1. The highest BCUT2D eigenvalue weighted by atomic mass is 32.2. The number of ether oxygens (including phenoxy) is 2. The van der Waals surface area contributed by atoms with Gasteiger partial charge in [-0.25, -0.2) is 12.8 Å². The van der Waals surface area contributed by atoms with E-state index in [9.17, 15) is 17.6 Å². The SMILES string of the molecule is CNC(=O)c1c(-c2ccc(F)cc2)oc2nc(NS(=O)(=O)CCCCOCCOC)c(C3CC3)cc12. The predicted molar refractivity (Wildman–Crippen MR) is 134 cm³/mol. The summed E-state index contributed by atoms with van der Waals surface area (Å²) in [6.45, 7) is 1.42. The number of nitrogens with zero attached hydrogens (tertiary/aromatic N) is 1. The molecule has 0 radical (unpaired) electrons. The summed E-state index contributed by atoms with van der Waals surface area (Å²) < 4.78 is 57.9. The number of rotatable bonds is 13. The lowest BCUT2D eigenvalue weighted by molar-refractivity contribution is 0.0693. The Hall–Kier alpha value is -3.02. The van der Waals surface area contributed by atoms with Crippen molar-refractivity contribution in [3.05, 3.63) is 47.3 Å². The molecule has 0 bridgehead atoms. The van der Waals surface area contributed by atoms with Gasteiger partial charge in [0.05, 0.1) is 29.9 Å². The molecule has 1 aromatic carbocycles. The number of aromatic nitrogens is 1. The van der Waals surface area contributed by atoms with Crippen LogP contribution in [0.3, 0.4) is 0 Å². The van der Waals surface area contributed by atoms with Gasteiger partial charge in [-0.15, -0.1) is 0 Å². The van der Waals surface area contributed by atoms with Crippen LogP contribution in [0.5, 0.6) is 0 Å². The van der Waals surface area contributed by atoms with E-state index in [1.54, 1.807) is 13.2 Å². The zero-order chi connectivity index (χ0) is 25.7. The van der Waals surface area contributed by atoms with Crippen molar-refractivity contribution in [1.29, 1.82) is 0 Å². The van der Waals surface area contributed by atoms with E-state index in [0.29, 0.717) is 43.6 Å². The summed E-state index contributed by atoms with van der Waals surface area (Å²) in [5.41, 5.74) is 1.64. The first kappa shape index (κ1) is 26.1. The molecule has 2 heterocycles. The topological polar surface area (TPSA) is 120 Å². The fourth-order valence-electron chi connectivity index (χ4n) is 3.92. The second kappa shape index (κ2) is 11.4. The summed E-state index contributed by atoms with van der Waals surface area (Å²) in [4.78, 5) is 17.3. The van der Waals surface area contributed by atoms with Crippen molar-refractivity contribution in [2.45, 2.75) is 31.6 Å². The molecule has 0 unspecified atom stereocenters. The van der Waals surface area contributed by atoms with Crippen molar-refractivity contribution in [3.8, 4) is 11.3 Å². The van der Waals surface area contributed by atoms with Crippen LogP contribution in [0.15, 0.2) is 34.7 Å². The molecular weight excluding hydrogens is 489 g/mol. The maximum absolute atomic E-state index is 13.5. The van der Waals surface area contributed by atoms with Crippen LogP contribution >= 0.6 is 0 Å². The van der Waals surface area contributed by atoms with E-state index in [1.807, 2.05) is 0 Å². The van der Waals surface area contributed by atoms with Crippen molar-refractivity contribution >= 4 is 32.8 Å². The molecule has 9 nitrogen and oxygen atoms in total. The van der Waals surface area contributed by atoms with Crippen molar-refractivity contribution in [2.75, 3.05) is 44.5 Å². The van der Waals surface area contributed by atoms with E-state index in [0.717, 1.165) is 18.4 Å². The van der Waals surface area contributed by atoms with Gasteiger partial charge in [0.1, 0.15) is 17.4 Å². The first-order chi connectivity index (χ1) is 17.3. The fraction of sp³-hybridized carbons (Fsp3) is 0.440. The highest BCUT2D eigenvalue weighted by Crippen LogP contribution is 2.45. The van der Waals surface area contributed by atoms with Crippen molar-refractivity contribution < 1.29 is 31.5 Å². The van der Waals surface area contributed by atoms with Crippen LogP contribution in [0.1, 0.15) is 47.5 Å². The average Bonchev–Trinajstić information content (AvgIpc) is 3.63. The van der Waals surface area contributed by atoms with Crippen LogP contribution in [0.4, 0.5) is 10.2 Å². The van der Waals surface area contributed by atoms with E-state index in [2.05, 4.69) is 15.0 Å². The Balaban J connectivity index is 1.61. The second-order valence-electron chi connectivity index (χ2n) is 8.68. The molecule has 194 valence electrons. The molecule has 36 heavy (non-hydrogen) atoms. The fourth-order valence-corrected chi connectivity index (χ4v) is 5.06. The van der Waals surface area contributed by atoms with E-state index >= 15 is 0 Å². The van der Waals surface area contributed by atoms with Crippen molar-refractivity contribution in [1.82, 2.24) is 10.3 Å². The van der Waals surface area contributed by atoms with Gasteiger partial charge < -0.3 is 19.2 Å². The summed E-state index contributed by atoms with van der Waals surface area (Å²) in [6, 6.07) is 7.37. The highest BCUT2D eigenvalue weighted by molar-refractivity contribution is 7.92. The third kappa shape index (κ3) is 6.21. The molecule has 0 saturated heterocycles. The maximum atomic E-state index is 13.5. The minimum atomic E-state index is -3.67. The molecule has 0 aliphatic heterocycles. The lowest BCUT2D eigenvalue weighted by atomic mass is 10.0. The number of unbranched alkanes of at least 4 members (excludes halogenated alkanes) is 1. The van der Waals surface area contributed by atoms with Crippen LogP contribution in [0.25, 0.3) is 22.4 Å². The number of anilines is 1. The molecule has 2 aromatic heterocycles. The number of benzene rings is 1. The number of halogens is 1. The van der Waals surface area contributed by atoms with E-state index in [-0.39, 0.29) is 40.4 Å². The van der Waals surface area contributed by atoms with Gasteiger partial charge in [-0.3, -0.25) is 9.52 Å². The van der Waals surface area contributed by atoms with Crippen LogP contribution in [0, 0.1) is 5.82 Å². The van der Waals surface area contributed by atoms with Crippen LogP contribution in [-0.4, -0.2) is 59.0 Å². The Bertz CT molecular complexity index is 1320. The largest absolute Gasteiger partial charge is 0.437 e. The van der Waals surface area contributed by atoms with Crippen molar-refractivity contribution in [3.63, 3.8) is 0 Å². The molecule has 0 atom stereocenters. The molecule has 1 saturated carbocycles. The zero-order valence-electron chi connectivity index (χ0n) is 20.3. The third-order valence-electron chi connectivity index (χ3n) is 5.93. The Kier molecular flexibility index (Phi) is 8.22. The van der Waals surface area contributed by atoms with E-state index in [1.165, 1.54) is 31.3 Å². The van der Waals surface area contributed by atoms with Gasteiger partial charge in [0.2, 0.25) is 15.7 Å². The Morgan fingerprint density at radius 2 is 1.92 bits per heavy atom. The Morgan fingerprint density at radius 1 is 1.17 bits per heavy atom. The Labute approximate surface area is 209 Å². The summed E-state index contributed by atoms with van der Waals surface area (Å²) in [5, 5.41) is 3.09. The number of carbonyl (C=O) groups excluding carboxylic acids is 1. The lowest BCUT2D eigenvalue weighted by Crippen LogP contribution is -2.19. The predicted octanol–water partition coefficient (Wildman–Crippen LogP) is 4.06. The summed E-state index contributed by atoms with van der Waals surface area (Å²) >= 11 is 0. The molecule has 11 heteroatoms. The number of fused-ring (bicyclic) bond motifs is 1. The normalized spacial score (nSPS) is 13.8. The molecule has 1 aliphatic carbocycles. The molecule has 1 amide bonds. The highest BCUT2D eigenvalue weighted by Gasteiger charge is 2.31. The number of hydrogen-bond acceptors (Lipinski definition) is 7. The smallest absolute Gasteiger partial charge is 0.255 e. The standard InChI is InChI=1S/C25H30FN3O6S/c1-27-24(30)21-20-15-19(16-5-6-16)23(29-36(31,32)14-4-3-11-34-13-12-33-2)28-25(20)35-22(21)17-7-9-18(26)10-8-17/h7-10,15-16H,3-6,11-14H2,1-2H3,(H,27,30)(H,28,29). The number of pyridine rings is 1. The molecule has 3 aromatic rings. The van der Waals surface area contributed by atoms with Crippen LogP contribution < -0.4 is 10.0 Å². The third-order valence-corrected chi connectivity index (χ3v) is 7.26. The van der Waals surface area contributed by atoms with E-state index in [4.69, 9.17) is 13.9 Å². The van der Waals surface area contributed by atoms with Gasteiger partial charge in [-0.2, -0.15) is 4.98 Å². The number of methoxy groups -OCH3 is 1. The summed E-state index contributed by atoms with van der Waals surface area (Å²) in [5.74, 6) is -0.263. The van der Waals surface area contributed by atoms with Crippen LogP contribution in [-0.2, 0) is 19.5 Å². The lowest BCUT2D eigenvalue weighted by Gasteiger charge is -2.12. The molecule has 2 N–H and O–H groups in total. The second-order valence-corrected chi connectivity index (χ2v) is 10.5. The first-order valence-corrected chi connectivity index (χ1v) is 13.5. The maximum Gasteiger partial charge on any atom is 0.255 e. The van der Waals surface area contributed by atoms with E-state index < -0.39 is 15.8 Å². The summed E-state index contributed by atoms with van der Waals surface area (Å²) in [7, 11) is -0.564. The number of sulfonamides is 1. The first-order valence-electron chi connectivity index (χ1n) is 11.9. The van der Waals surface area contributed by atoms with Gasteiger partial charge in [0.25, 0.3) is 5.91 Å². The summed E-state index contributed by atoms with van der Waals surface area (Å²) in [6.07, 6.45) is 2.83. The molecule has 4 rings (SSSR count). The molecule has 1 fully saturated rings. The minimum Gasteiger partial charge on any atom is -0.437 e. The Morgan fingerprint density at radius 3 is 2.58 bits per heavy atom. The van der Waals surface area contributed by atoms with Gasteiger partial charge in [-0.05, 0) is 67.5 Å². The van der Waals surface area contributed by atoms with Gasteiger partial charge in [-0.1, -0.05) is 0 Å². The van der Waals surface area contributed by atoms with Crippen molar-refractivity contribution in [2.24, 2.45) is 0 Å².